The van der Waals surface area contributed by atoms with E-state index < -0.39 is 0 Å². The van der Waals surface area contributed by atoms with Crippen LogP contribution in [0.3, 0.4) is 0 Å². The molecule has 0 aliphatic carbocycles. The third-order valence-electron chi connectivity index (χ3n) is 3.64. The number of anilines is 1. The molecule has 0 bridgehead atoms. The molecular formula is C14H18ClN3S. The summed E-state index contributed by atoms with van der Waals surface area (Å²) in [5.74, 6) is 0. The third kappa shape index (κ3) is 2.86. The van der Waals surface area contributed by atoms with E-state index in [2.05, 4.69) is 22.5 Å². The number of thiazole rings is 1. The third-order valence-corrected chi connectivity index (χ3v) is 4.75. The molecule has 2 unspecified atom stereocenters. The van der Waals surface area contributed by atoms with E-state index in [-0.39, 0.29) is 0 Å². The Hall–Kier alpha value is -0.840. The van der Waals surface area contributed by atoms with E-state index in [4.69, 9.17) is 11.6 Å². The van der Waals surface area contributed by atoms with Gasteiger partial charge in [-0.05, 0) is 44.9 Å². The van der Waals surface area contributed by atoms with Gasteiger partial charge in [0.25, 0.3) is 0 Å². The molecular weight excluding hydrogens is 278 g/mol. The summed E-state index contributed by atoms with van der Waals surface area (Å²) >= 11 is 7.96. The van der Waals surface area contributed by atoms with Crippen LogP contribution in [0, 0.1) is 0 Å². The highest BCUT2D eigenvalue weighted by molar-refractivity contribution is 7.16. The van der Waals surface area contributed by atoms with Crippen molar-refractivity contribution >= 4 is 38.8 Å². The number of nitrogens with zero attached hydrogens (tertiary/aromatic N) is 1. The second kappa shape index (κ2) is 5.65. The van der Waals surface area contributed by atoms with Crippen molar-refractivity contribution in [3.63, 3.8) is 0 Å². The molecule has 1 saturated heterocycles. The molecule has 1 aliphatic heterocycles. The van der Waals surface area contributed by atoms with Crippen molar-refractivity contribution < 1.29 is 0 Å². The van der Waals surface area contributed by atoms with Crippen molar-refractivity contribution in [1.29, 1.82) is 0 Å². The van der Waals surface area contributed by atoms with E-state index in [1.807, 2.05) is 17.6 Å². The Labute approximate surface area is 122 Å². The molecule has 19 heavy (non-hydrogen) atoms. The van der Waals surface area contributed by atoms with Gasteiger partial charge >= 0.3 is 0 Å². The van der Waals surface area contributed by atoms with E-state index in [0.29, 0.717) is 12.1 Å². The Morgan fingerprint density at radius 3 is 3.26 bits per heavy atom. The van der Waals surface area contributed by atoms with Crippen LogP contribution >= 0.6 is 22.9 Å². The smallest absolute Gasteiger partial charge is 0.106 e. The molecule has 1 aliphatic rings. The number of hydrogen-bond donors (Lipinski definition) is 2. The quantitative estimate of drug-likeness (QED) is 0.898. The minimum atomic E-state index is 0.389. The normalized spacial score (nSPS) is 20.8. The Balaban J connectivity index is 1.76. The Morgan fingerprint density at radius 1 is 1.58 bits per heavy atom. The number of hydrogen-bond acceptors (Lipinski definition) is 4. The molecule has 3 nitrogen and oxygen atoms in total. The number of halogens is 1. The highest BCUT2D eigenvalue weighted by atomic mass is 35.5. The summed E-state index contributed by atoms with van der Waals surface area (Å²) in [5, 5.41) is 7.83. The summed E-state index contributed by atoms with van der Waals surface area (Å²) in [6.45, 7) is 3.36. The lowest BCUT2D eigenvalue weighted by atomic mass is 10.1. The van der Waals surface area contributed by atoms with Crippen LogP contribution in [0.25, 0.3) is 10.2 Å². The van der Waals surface area contributed by atoms with Crippen molar-refractivity contribution in [2.75, 3.05) is 11.9 Å². The number of aromatic nitrogens is 1. The first-order valence-corrected chi connectivity index (χ1v) is 8.01. The summed E-state index contributed by atoms with van der Waals surface area (Å²) in [5.41, 5.74) is 3.84. The maximum atomic E-state index is 6.31. The lowest BCUT2D eigenvalue weighted by molar-refractivity contribution is 0.523. The fourth-order valence-corrected chi connectivity index (χ4v) is 3.63. The largest absolute Gasteiger partial charge is 0.380 e. The van der Waals surface area contributed by atoms with Crippen LogP contribution < -0.4 is 10.6 Å². The van der Waals surface area contributed by atoms with Crippen molar-refractivity contribution in [3.05, 3.63) is 22.7 Å². The van der Waals surface area contributed by atoms with Gasteiger partial charge in [0.1, 0.15) is 5.52 Å². The van der Waals surface area contributed by atoms with Crippen molar-refractivity contribution in [1.82, 2.24) is 10.3 Å². The Bertz CT molecular complexity index is 563. The van der Waals surface area contributed by atoms with Gasteiger partial charge in [0.2, 0.25) is 0 Å². The summed E-state index contributed by atoms with van der Waals surface area (Å²) in [4.78, 5) is 4.42. The van der Waals surface area contributed by atoms with Crippen LogP contribution in [-0.2, 0) is 0 Å². The van der Waals surface area contributed by atoms with Crippen molar-refractivity contribution in [3.8, 4) is 0 Å². The molecule has 0 saturated carbocycles. The number of fused-ring (bicyclic) bond motifs is 1. The van der Waals surface area contributed by atoms with Gasteiger partial charge in [0, 0.05) is 12.1 Å². The molecule has 3 rings (SSSR count). The lowest BCUT2D eigenvalue weighted by Crippen LogP contribution is -2.29. The van der Waals surface area contributed by atoms with Crippen LogP contribution in [0.15, 0.2) is 17.6 Å². The average Bonchev–Trinajstić information content (AvgIpc) is 3.03. The maximum Gasteiger partial charge on any atom is 0.106 e. The minimum absolute atomic E-state index is 0.389. The van der Waals surface area contributed by atoms with Gasteiger partial charge in [0.05, 0.1) is 20.9 Å². The van der Waals surface area contributed by atoms with Gasteiger partial charge in [-0.15, -0.1) is 11.3 Å². The van der Waals surface area contributed by atoms with Gasteiger partial charge in [-0.3, -0.25) is 0 Å². The van der Waals surface area contributed by atoms with E-state index in [9.17, 15) is 0 Å². The predicted octanol–water partition coefficient (Wildman–Crippen LogP) is 3.89. The molecule has 0 spiro atoms. The van der Waals surface area contributed by atoms with E-state index in [1.165, 1.54) is 17.5 Å². The molecule has 102 valence electrons. The van der Waals surface area contributed by atoms with E-state index in [0.717, 1.165) is 29.2 Å². The van der Waals surface area contributed by atoms with Crippen LogP contribution in [0.4, 0.5) is 5.69 Å². The first-order valence-electron chi connectivity index (χ1n) is 6.75. The maximum absolute atomic E-state index is 6.31. The molecule has 1 aromatic heterocycles. The standard InChI is InChI=1S/C14H18ClN3S/c1-9(7-10-3-2-6-16-10)18-13-11(15)4-5-12-14(13)17-8-19-12/h4-5,8-10,16,18H,2-3,6-7H2,1H3. The van der Waals surface area contributed by atoms with Crippen LogP contribution in [0.1, 0.15) is 26.2 Å². The zero-order valence-electron chi connectivity index (χ0n) is 10.9. The monoisotopic (exact) mass is 295 g/mol. The zero-order valence-corrected chi connectivity index (χ0v) is 12.5. The average molecular weight is 296 g/mol. The minimum Gasteiger partial charge on any atom is -0.380 e. The van der Waals surface area contributed by atoms with Crippen LogP contribution in [-0.4, -0.2) is 23.6 Å². The van der Waals surface area contributed by atoms with Gasteiger partial charge in [-0.25, -0.2) is 4.98 Å². The van der Waals surface area contributed by atoms with Gasteiger partial charge in [0.15, 0.2) is 0 Å². The Kier molecular flexibility index (Phi) is 3.91. The van der Waals surface area contributed by atoms with Gasteiger partial charge in [-0.1, -0.05) is 11.6 Å². The molecule has 2 N–H and O–H groups in total. The van der Waals surface area contributed by atoms with Gasteiger partial charge < -0.3 is 10.6 Å². The molecule has 5 heteroatoms. The Morgan fingerprint density at radius 2 is 2.47 bits per heavy atom. The number of nitrogens with one attached hydrogen (secondary N) is 2. The van der Waals surface area contributed by atoms with Crippen molar-refractivity contribution in [2.24, 2.45) is 0 Å². The fraction of sp³-hybridized carbons (Fsp3) is 0.500. The molecule has 0 amide bonds. The van der Waals surface area contributed by atoms with Crippen molar-refractivity contribution in [2.45, 2.75) is 38.3 Å². The summed E-state index contributed by atoms with van der Waals surface area (Å²) in [7, 11) is 0. The summed E-state index contributed by atoms with van der Waals surface area (Å²) in [6.07, 6.45) is 3.69. The number of rotatable bonds is 4. The van der Waals surface area contributed by atoms with Gasteiger partial charge in [-0.2, -0.15) is 0 Å². The summed E-state index contributed by atoms with van der Waals surface area (Å²) in [6, 6.07) is 5.01. The lowest BCUT2D eigenvalue weighted by Gasteiger charge is -2.20. The topological polar surface area (TPSA) is 37.0 Å². The second-order valence-corrected chi connectivity index (χ2v) is 6.49. The first kappa shape index (κ1) is 13.2. The first-order chi connectivity index (χ1) is 9.24. The predicted molar refractivity (Wildman–Crippen MR) is 83.4 cm³/mol. The highest BCUT2D eigenvalue weighted by Gasteiger charge is 2.18. The molecule has 2 atom stereocenters. The molecule has 2 heterocycles. The summed E-state index contributed by atoms with van der Waals surface area (Å²) < 4.78 is 1.18. The number of benzene rings is 1. The van der Waals surface area contributed by atoms with Crippen LogP contribution in [0.2, 0.25) is 5.02 Å². The van der Waals surface area contributed by atoms with E-state index >= 15 is 0 Å². The highest BCUT2D eigenvalue weighted by Crippen LogP contribution is 2.33. The molecule has 1 aromatic carbocycles. The molecule has 1 fully saturated rings. The SMILES string of the molecule is CC(CC1CCCN1)Nc1c(Cl)ccc2scnc12. The second-order valence-electron chi connectivity index (χ2n) is 5.20. The fourth-order valence-electron chi connectivity index (χ4n) is 2.73. The van der Waals surface area contributed by atoms with E-state index in [1.54, 1.807) is 11.3 Å². The molecule has 2 aromatic rings. The zero-order chi connectivity index (χ0) is 13.2. The molecule has 0 radical (unpaired) electrons. The van der Waals surface area contributed by atoms with Crippen LogP contribution in [0.5, 0.6) is 0 Å².